The fourth-order valence-corrected chi connectivity index (χ4v) is 4.65. The Labute approximate surface area is 205 Å². The van der Waals surface area contributed by atoms with Crippen molar-refractivity contribution in [1.82, 2.24) is 15.1 Å². The van der Waals surface area contributed by atoms with Crippen LogP contribution in [-0.4, -0.2) is 92.2 Å². The molecule has 3 unspecified atom stereocenters. The second kappa shape index (κ2) is 13.1. The summed E-state index contributed by atoms with van der Waals surface area (Å²) >= 11 is 14.2. The van der Waals surface area contributed by atoms with Crippen molar-refractivity contribution in [2.45, 2.75) is 60.9 Å². The maximum atomic E-state index is 12.4. The molecule has 0 heterocycles. The minimum atomic E-state index is -1.21. The molecule has 0 aromatic heterocycles. The van der Waals surface area contributed by atoms with Gasteiger partial charge in [-0.3, -0.25) is 14.4 Å². The number of carboxylic acids is 1. The molecule has 0 saturated carbocycles. The molecule has 0 radical (unpaired) electrons. The van der Waals surface area contributed by atoms with E-state index in [-0.39, 0.29) is 30.4 Å². The molecule has 0 aliphatic rings. The van der Waals surface area contributed by atoms with Crippen molar-refractivity contribution < 1.29 is 24.3 Å². The topological polar surface area (TPSA) is 107 Å². The minimum Gasteiger partial charge on any atom is -0.480 e. The van der Waals surface area contributed by atoms with Gasteiger partial charge in [-0.25, -0.2) is 4.79 Å². The lowest BCUT2D eigenvalue weighted by molar-refractivity contribution is -0.142. The van der Waals surface area contributed by atoms with Gasteiger partial charge in [0, 0.05) is 44.5 Å². The van der Waals surface area contributed by atoms with Crippen LogP contribution in [0, 0.1) is 0 Å². The summed E-state index contributed by atoms with van der Waals surface area (Å²) in [5.41, 5.74) is 0. The van der Waals surface area contributed by atoms with E-state index >= 15 is 0 Å². The zero-order chi connectivity index (χ0) is 24.6. The molecule has 0 aliphatic carbocycles. The van der Waals surface area contributed by atoms with Gasteiger partial charge in [0.1, 0.15) is 6.04 Å². The number of amides is 3. The highest BCUT2D eigenvalue weighted by molar-refractivity contribution is 8.11. The van der Waals surface area contributed by atoms with Crippen LogP contribution in [0.1, 0.15) is 40.0 Å². The summed E-state index contributed by atoms with van der Waals surface area (Å²) in [6, 6.07) is -1.86. The first kappa shape index (κ1) is 30.3. The maximum Gasteiger partial charge on any atom is 0.328 e. The van der Waals surface area contributed by atoms with E-state index in [0.29, 0.717) is 12.2 Å². The fourth-order valence-electron chi connectivity index (χ4n) is 2.63. The molecule has 0 aliphatic heterocycles. The van der Waals surface area contributed by atoms with E-state index in [2.05, 4.69) is 43.2 Å². The number of thiol groups is 3. The molecule has 12 heteroatoms. The molecule has 0 bridgehead atoms. The predicted octanol–water partition coefficient (Wildman–Crippen LogP) is 1.66. The van der Waals surface area contributed by atoms with Gasteiger partial charge in [-0.1, -0.05) is 13.8 Å². The minimum absolute atomic E-state index is 0.0627. The average molecular weight is 514 g/mol. The van der Waals surface area contributed by atoms with Crippen molar-refractivity contribution in [3.05, 3.63) is 0 Å². The maximum absolute atomic E-state index is 12.4. The van der Waals surface area contributed by atoms with E-state index in [0.717, 1.165) is 0 Å². The summed E-state index contributed by atoms with van der Waals surface area (Å²) < 4.78 is -1.66. The van der Waals surface area contributed by atoms with Gasteiger partial charge < -0.3 is 20.2 Å². The van der Waals surface area contributed by atoms with E-state index in [1.54, 1.807) is 41.9 Å². The number of rotatable bonds is 13. The Morgan fingerprint density at radius 2 is 1.65 bits per heavy atom. The molecule has 2 N–H and O–H groups in total. The standard InChI is InChI=1S/C19H35N3O5S4/c1-18(2,29)10-13(23)20-15(17(26)27)19(3,30)31-9-7-8-14(24)22(6)12(11-28)16(25)21(4)5/h12,15,28-30H,7-11H2,1-6H3,(H,20,23)(H,26,27). The van der Waals surface area contributed by atoms with Crippen LogP contribution in [0.2, 0.25) is 0 Å². The molecule has 0 spiro atoms. The third-order valence-corrected chi connectivity index (χ3v) is 6.83. The van der Waals surface area contributed by atoms with Crippen LogP contribution < -0.4 is 5.32 Å². The van der Waals surface area contributed by atoms with Crippen LogP contribution in [0.25, 0.3) is 0 Å². The number of nitrogens with zero attached hydrogens (tertiary/aromatic N) is 2. The summed E-state index contributed by atoms with van der Waals surface area (Å²) in [7, 11) is 4.81. The smallest absolute Gasteiger partial charge is 0.328 e. The van der Waals surface area contributed by atoms with Crippen molar-refractivity contribution >= 4 is 73.3 Å². The summed E-state index contributed by atoms with van der Waals surface area (Å²) in [5.74, 6) is -1.35. The normalized spacial score (nSPS) is 15.4. The molecular weight excluding hydrogens is 478 g/mol. The Hall–Kier alpha value is -0.720. The zero-order valence-electron chi connectivity index (χ0n) is 18.9. The van der Waals surface area contributed by atoms with Crippen LogP contribution in [0.3, 0.4) is 0 Å². The lowest BCUT2D eigenvalue weighted by Crippen LogP contribution is -2.52. The van der Waals surface area contributed by atoms with E-state index in [4.69, 9.17) is 0 Å². The number of carbonyl (C=O) groups is 4. The number of carboxylic acid groups (broad SMARTS) is 1. The SMILES string of the molecule is CN(C)C(=O)C(CS)N(C)C(=O)CCCSC(C)(S)C(NC(=O)CC(C)(C)S)C(=O)O. The van der Waals surface area contributed by atoms with Crippen molar-refractivity contribution in [1.29, 1.82) is 0 Å². The molecule has 0 saturated heterocycles. The number of nitrogens with one attached hydrogen (secondary N) is 1. The van der Waals surface area contributed by atoms with Crippen LogP contribution >= 0.6 is 49.6 Å². The van der Waals surface area contributed by atoms with Gasteiger partial charge in [0.05, 0.1) is 4.08 Å². The Morgan fingerprint density at radius 1 is 1.10 bits per heavy atom. The van der Waals surface area contributed by atoms with Gasteiger partial charge in [0.25, 0.3) is 0 Å². The first-order valence-electron chi connectivity index (χ1n) is 9.72. The number of aliphatic carboxylic acids is 1. The highest BCUT2D eigenvalue weighted by Gasteiger charge is 2.38. The summed E-state index contributed by atoms with van der Waals surface area (Å²) in [6.45, 7) is 5.14. The molecule has 0 fully saturated rings. The first-order chi connectivity index (χ1) is 14.0. The van der Waals surface area contributed by atoms with Gasteiger partial charge in [-0.05, 0) is 19.1 Å². The Bertz CT molecular complexity index is 653. The molecular formula is C19H35N3O5S4. The van der Waals surface area contributed by atoms with Crippen molar-refractivity contribution in [2.75, 3.05) is 32.6 Å². The number of hydrogen-bond donors (Lipinski definition) is 5. The number of hydrogen-bond acceptors (Lipinski definition) is 8. The molecule has 31 heavy (non-hydrogen) atoms. The van der Waals surface area contributed by atoms with Crippen LogP contribution in [0.5, 0.6) is 0 Å². The van der Waals surface area contributed by atoms with Gasteiger partial charge >= 0.3 is 5.97 Å². The molecule has 8 nitrogen and oxygen atoms in total. The Balaban J connectivity index is 4.81. The monoisotopic (exact) mass is 513 g/mol. The zero-order valence-corrected chi connectivity index (χ0v) is 22.4. The van der Waals surface area contributed by atoms with Crippen LogP contribution in [-0.2, 0) is 19.2 Å². The molecule has 0 rings (SSSR count). The molecule has 3 amide bonds. The van der Waals surface area contributed by atoms with Crippen molar-refractivity contribution in [2.24, 2.45) is 0 Å². The second-order valence-electron chi connectivity index (χ2n) is 8.27. The Morgan fingerprint density at radius 3 is 2.06 bits per heavy atom. The average Bonchev–Trinajstić information content (AvgIpc) is 2.61. The Kier molecular flexibility index (Phi) is 12.8. The molecule has 3 atom stereocenters. The summed E-state index contributed by atoms with van der Waals surface area (Å²) in [5, 5.41) is 12.1. The van der Waals surface area contributed by atoms with Crippen LogP contribution in [0.15, 0.2) is 0 Å². The summed E-state index contributed by atoms with van der Waals surface area (Å²) in [6.07, 6.45) is 0.715. The van der Waals surface area contributed by atoms with Gasteiger partial charge in [0.2, 0.25) is 17.7 Å². The number of thioether (sulfide) groups is 1. The molecule has 0 aromatic rings. The lowest BCUT2D eigenvalue weighted by atomic mass is 10.1. The third kappa shape index (κ3) is 11.1. The van der Waals surface area contributed by atoms with E-state index in [9.17, 15) is 24.3 Å². The van der Waals surface area contributed by atoms with Gasteiger partial charge in [-0.15, -0.1) is 11.8 Å². The van der Waals surface area contributed by atoms with E-state index < -0.39 is 32.8 Å². The molecule has 180 valence electrons. The van der Waals surface area contributed by atoms with Crippen molar-refractivity contribution in [3.8, 4) is 0 Å². The first-order valence-corrected chi connectivity index (χ1v) is 12.2. The van der Waals surface area contributed by atoms with E-state index in [1.165, 1.54) is 21.6 Å². The largest absolute Gasteiger partial charge is 0.480 e. The third-order valence-electron chi connectivity index (χ3n) is 4.37. The fraction of sp³-hybridized carbons (Fsp3) is 0.789. The quantitative estimate of drug-likeness (QED) is 0.146. The summed E-state index contributed by atoms with van der Waals surface area (Å²) in [4.78, 5) is 51.3. The van der Waals surface area contributed by atoms with Gasteiger partial charge in [-0.2, -0.15) is 37.9 Å². The predicted molar refractivity (Wildman–Crippen MR) is 135 cm³/mol. The number of carbonyl (C=O) groups excluding carboxylic acids is 3. The highest BCUT2D eigenvalue weighted by atomic mass is 32.2. The molecule has 0 aromatic carbocycles. The highest BCUT2D eigenvalue weighted by Crippen LogP contribution is 2.34. The van der Waals surface area contributed by atoms with Crippen molar-refractivity contribution in [3.63, 3.8) is 0 Å². The lowest BCUT2D eigenvalue weighted by Gasteiger charge is -2.31. The number of likely N-dealkylation sites (N-methyl/N-ethyl adjacent to an activating group) is 2. The second-order valence-corrected chi connectivity index (χ2v) is 12.6. The van der Waals surface area contributed by atoms with Crippen LogP contribution in [0.4, 0.5) is 0 Å². The van der Waals surface area contributed by atoms with Gasteiger partial charge in [0.15, 0.2) is 6.04 Å². The van der Waals surface area contributed by atoms with E-state index in [1.807, 2.05) is 0 Å².